The van der Waals surface area contributed by atoms with Crippen LogP contribution in [0.3, 0.4) is 0 Å². The van der Waals surface area contributed by atoms with Crippen molar-refractivity contribution >= 4 is 11.7 Å². The van der Waals surface area contributed by atoms with Gasteiger partial charge in [0.25, 0.3) is 0 Å². The molecule has 0 spiro atoms. The molecule has 3 N–H and O–H groups in total. The Morgan fingerprint density at radius 1 is 1.16 bits per heavy atom. The third-order valence-electron chi connectivity index (χ3n) is 4.65. The molecule has 0 aliphatic carbocycles. The SMILES string of the molecule is NN(CCc1ccccc1)C1CCN(C(=O)Nc2ccncc2)CC1. The smallest absolute Gasteiger partial charge is 0.321 e. The minimum absolute atomic E-state index is 0.0579. The van der Waals surface area contributed by atoms with Crippen molar-refractivity contribution in [1.29, 1.82) is 0 Å². The highest BCUT2D eigenvalue weighted by molar-refractivity contribution is 5.89. The fourth-order valence-electron chi connectivity index (χ4n) is 3.12. The maximum absolute atomic E-state index is 12.3. The van der Waals surface area contributed by atoms with Crippen molar-refractivity contribution in [3.63, 3.8) is 0 Å². The average molecular weight is 339 g/mol. The van der Waals surface area contributed by atoms with Crippen LogP contribution in [0.5, 0.6) is 0 Å². The van der Waals surface area contributed by atoms with Gasteiger partial charge in [0, 0.05) is 43.8 Å². The summed E-state index contributed by atoms with van der Waals surface area (Å²) in [5, 5.41) is 4.84. The average Bonchev–Trinajstić information content (AvgIpc) is 2.68. The van der Waals surface area contributed by atoms with Gasteiger partial charge >= 0.3 is 6.03 Å². The lowest BCUT2D eigenvalue weighted by Gasteiger charge is -2.36. The summed E-state index contributed by atoms with van der Waals surface area (Å²) in [6.45, 7) is 2.28. The van der Waals surface area contributed by atoms with Crippen LogP contribution in [-0.2, 0) is 6.42 Å². The number of rotatable bonds is 5. The molecule has 1 saturated heterocycles. The molecule has 132 valence electrons. The summed E-state index contributed by atoms with van der Waals surface area (Å²) in [4.78, 5) is 18.1. The minimum Gasteiger partial charge on any atom is -0.324 e. The van der Waals surface area contributed by atoms with E-state index in [1.807, 2.05) is 16.0 Å². The van der Waals surface area contributed by atoms with Crippen molar-refractivity contribution in [2.75, 3.05) is 25.0 Å². The Hall–Kier alpha value is -2.44. The van der Waals surface area contributed by atoms with Gasteiger partial charge < -0.3 is 10.2 Å². The van der Waals surface area contributed by atoms with Crippen molar-refractivity contribution in [3.8, 4) is 0 Å². The number of hydrazine groups is 1. The van der Waals surface area contributed by atoms with Crippen LogP contribution >= 0.6 is 0 Å². The minimum atomic E-state index is -0.0579. The van der Waals surface area contributed by atoms with Gasteiger partial charge in [-0.15, -0.1) is 0 Å². The summed E-state index contributed by atoms with van der Waals surface area (Å²) < 4.78 is 0. The zero-order valence-corrected chi connectivity index (χ0v) is 14.3. The van der Waals surface area contributed by atoms with Gasteiger partial charge in [0.1, 0.15) is 0 Å². The number of carbonyl (C=O) groups is 1. The normalized spacial score (nSPS) is 15.4. The third kappa shape index (κ3) is 5.01. The fourth-order valence-corrected chi connectivity index (χ4v) is 3.12. The van der Waals surface area contributed by atoms with Crippen molar-refractivity contribution in [2.24, 2.45) is 5.84 Å². The first-order valence-corrected chi connectivity index (χ1v) is 8.73. The summed E-state index contributed by atoms with van der Waals surface area (Å²) in [6.07, 6.45) is 6.08. The van der Waals surface area contributed by atoms with Crippen LogP contribution < -0.4 is 11.2 Å². The van der Waals surface area contributed by atoms with Crippen LogP contribution in [0, 0.1) is 0 Å². The number of anilines is 1. The van der Waals surface area contributed by atoms with E-state index >= 15 is 0 Å². The van der Waals surface area contributed by atoms with Gasteiger partial charge in [-0.1, -0.05) is 30.3 Å². The van der Waals surface area contributed by atoms with Crippen LogP contribution in [0.25, 0.3) is 0 Å². The molecule has 6 heteroatoms. The van der Waals surface area contributed by atoms with Crippen molar-refractivity contribution in [1.82, 2.24) is 14.9 Å². The lowest BCUT2D eigenvalue weighted by atomic mass is 10.0. The number of carbonyl (C=O) groups excluding carboxylic acids is 1. The predicted molar refractivity (Wildman–Crippen MR) is 98.9 cm³/mol. The third-order valence-corrected chi connectivity index (χ3v) is 4.65. The number of urea groups is 1. The first-order valence-electron chi connectivity index (χ1n) is 8.73. The number of likely N-dealkylation sites (tertiary alicyclic amines) is 1. The zero-order chi connectivity index (χ0) is 17.5. The molecule has 1 aromatic carbocycles. The predicted octanol–water partition coefficient (Wildman–Crippen LogP) is 2.50. The first-order chi connectivity index (χ1) is 12.2. The van der Waals surface area contributed by atoms with E-state index in [1.54, 1.807) is 24.5 Å². The number of nitrogens with one attached hydrogen (secondary N) is 1. The van der Waals surface area contributed by atoms with Crippen LogP contribution in [-0.4, -0.2) is 46.6 Å². The van der Waals surface area contributed by atoms with E-state index in [2.05, 4.69) is 34.6 Å². The summed E-state index contributed by atoms with van der Waals surface area (Å²) in [7, 11) is 0. The van der Waals surface area contributed by atoms with Gasteiger partial charge in [-0.2, -0.15) is 0 Å². The number of hydrogen-bond donors (Lipinski definition) is 2. The fraction of sp³-hybridized carbons (Fsp3) is 0.368. The molecule has 25 heavy (non-hydrogen) atoms. The van der Waals surface area contributed by atoms with Gasteiger partial charge in [-0.3, -0.25) is 10.8 Å². The molecule has 3 rings (SSSR count). The van der Waals surface area contributed by atoms with Gasteiger partial charge in [-0.05, 0) is 37.0 Å². The number of pyridine rings is 1. The Balaban J connectivity index is 1.42. The number of hydrogen-bond acceptors (Lipinski definition) is 4. The summed E-state index contributed by atoms with van der Waals surface area (Å²) in [6, 6.07) is 14.2. The number of piperidine rings is 1. The van der Waals surface area contributed by atoms with Crippen LogP contribution in [0.4, 0.5) is 10.5 Å². The van der Waals surface area contributed by atoms with E-state index in [4.69, 9.17) is 5.84 Å². The highest BCUT2D eigenvalue weighted by Gasteiger charge is 2.25. The lowest BCUT2D eigenvalue weighted by molar-refractivity contribution is 0.123. The quantitative estimate of drug-likeness (QED) is 0.648. The maximum atomic E-state index is 12.3. The van der Waals surface area contributed by atoms with Crippen LogP contribution in [0.1, 0.15) is 18.4 Å². The largest absolute Gasteiger partial charge is 0.324 e. The monoisotopic (exact) mass is 339 g/mol. The maximum Gasteiger partial charge on any atom is 0.321 e. The lowest BCUT2D eigenvalue weighted by Crippen LogP contribution is -2.50. The Bertz CT molecular complexity index is 656. The highest BCUT2D eigenvalue weighted by atomic mass is 16.2. The van der Waals surface area contributed by atoms with E-state index in [9.17, 15) is 4.79 Å². The number of nitrogens with two attached hydrogens (primary N) is 1. The second-order valence-electron chi connectivity index (χ2n) is 6.36. The molecule has 1 aromatic heterocycles. The molecule has 2 amide bonds. The molecule has 2 aromatic rings. The Kier molecular flexibility index (Phi) is 5.98. The molecule has 0 radical (unpaired) electrons. The van der Waals surface area contributed by atoms with E-state index < -0.39 is 0 Å². The van der Waals surface area contributed by atoms with Gasteiger partial charge in [-0.25, -0.2) is 9.80 Å². The van der Waals surface area contributed by atoms with Crippen molar-refractivity contribution in [3.05, 3.63) is 60.4 Å². The molecule has 2 heterocycles. The van der Waals surface area contributed by atoms with Crippen molar-refractivity contribution in [2.45, 2.75) is 25.3 Å². The molecule has 0 bridgehead atoms. The summed E-state index contributed by atoms with van der Waals surface area (Å²) >= 11 is 0. The standard InChI is InChI=1S/C19H25N5O/c20-24(15-8-16-4-2-1-3-5-16)18-9-13-23(14-10-18)19(25)22-17-6-11-21-12-7-17/h1-7,11-12,18H,8-10,13-15,20H2,(H,21,22,25). The molecule has 1 aliphatic rings. The topological polar surface area (TPSA) is 74.5 Å². The molecule has 0 saturated carbocycles. The Labute approximate surface area is 148 Å². The van der Waals surface area contributed by atoms with Crippen LogP contribution in [0.2, 0.25) is 0 Å². The first kappa shape index (κ1) is 17.4. The Morgan fingerprint density at radius 3 is 2.52 bits per heavy atom. The molecular weight excluding hydrogens is 314 g/mol. The number of amides is 2. The highest BCUT2D eigenvalue weighted by Crippen LogP contribution is 2.16. The molecule has 1 fully saturated rings. The van der Waals surface area contributed by atoms with Gasteiger partial charge in [0.15, 0.2) is 0 Å². The van der Waals surface area contributed by atoms with E-state index in [0.717, 1.165) is 44.6 Å². The van der Waals surface area contributed by atoms with E-state index in [1.165, 1.54) is 5.56 Å². The van der Waals surface area contributed by atoms with Crippen LogP contribution in [0.15, 0.2) is 54.9 Å². The molecule has 1 aliphatic heterocycles. The van der Waals surface area contributed by atoms with Gasteiger partial charge in [0.2, 0.25) is 0 Å². The summed E-state index contributed by atoms with van der Waals surface area (Å²) in [5.74, 6) is 6.25. The number of benzene rings is 1. The van der Waals surface area contributed by atoms with E-state index in [-0.39, 0.29) is 6.03 Å². The van der Waals surface area contributed by atoms with E-state index in [0.29, 0.717) is 6.04 Å². The second kappa shape index (κ2) is 8.60. The Morgan fingerprint density at radius 2 is 1.84 bits per heavy atom. The van der Waals surface area contributed by atoms with Gasteiger partial charge in [0.05, 0.1) is 0 Å². The number of aromatic nitrogens is 1. The number of nitrogens with zero attached hydrogens (tertiary/aromatic N) is 3. The van der Waals surface area contributed by atoms with Crippen molar-refractivity contribution < 1.29 is 4.79 Å². The molecule has 0 atom stereocenters. The second-order valence-corrected chi connectivity index (χ2v) is 6.36. The molecule has 0 unspecified atom stereocenters. The molecule has 6 nitrogen and oxygen atoms in total. The summed E-state index contributed by atoms with van der Waals surface area (Å²) in [5.41, 5.74) is 2.07. The zero-order valence-electron chi connectivity index (χ0n) is 14.3. The molecular formula is C19H25N5O.